The minimum atomic E-state index is -1.81. The third kappa shape index (κ3) is 3.00. The first-order chi connectivity index (χ1) is 4.91. The van der Waals surface area contributed by atoms with Crippen LogP contribution in [0.1, 0.15) is 6.92 Å². The maximum atomic E-state index is 10.2. The van der Waals surface area contributed by atoms with E-state index in [9.17, 15) is 9.90 Å². The number of hydrogen-bond donors (Lipinski definition) is 3. The summed E-state index contributed by atoms with van der Waals surface area (Å²) in [6.45, 7) is 1.20. The molecule has 0 spiro atoms. The number of aliphatic carboxylic acids is 1. The Balaban J connectivity index is 4.41. The fourth-order valence-electron chi connectivity index (χ4n) is 0.469. The Morgan fingerprint density at radius 2 is 2.18 bits per heavy atom. The van der Waals surface area contributed by atoms with E-state index >= 15 is 0 Å². The molecule has 0 fully saturated rings. The molecule has 0 saturated carbocycles. The van der Waals surface area contributed by atoms with Gasteiger partial charge < -0.3 is 15.3 Å². The van der Waals surface area contributed by atoms with Gasteiger partial charge in [0.15, 0.2) is 6.10 Å². The second-order valence-electron chi connectivity index (χ2n) is 2.26. The molecule has 0 aromatic heterocycles. The molecule has 0 aromatic rings. The third-order valence-corrected chi connectivity index (χ3v) is 1.45. The Bertz CT molecular complexity index is 175. The largest absolute Gasteiger partial charge is 0.479 e. The van der Waals surface area contributed by atoms with Crippen LogP contribution >= 0.6 is 15.9 Å². The van der Waals surface area contributed by atoms with Gasteiger partial charge in [-0.05, 0) is 18.0 Å². The van der Waals surface area contributed by atoms with Crippen molar-refractivity contribution in [2.75, 3.05) is 0 Å². The molecule has 0 aliphatic carbocycles. The molecule has 0 amide bonds. The molecule has 5 heteroatoms. The monoisotopic (exact) mass is 224 g/mol. The minimum absolute atomic E-state index is 1.14. The molecule has 0 radical (unpaired) electrons. The van der Waals surface area contributed by atoms with Crippen LogP contribution in [0.15, 0.2) is 11.1 Å². The zero-order valence-corrected chi connectivity index (χ0v) is 7.45. The molecule has 0 aromatic carbocycles. The van der Waals surface area contributed by atoms with Crippen molar-refractivity contribution in [3.63, 3.8) is 0 Å². The van der Waals surface area contributed by atoms with Crippen LogP contribution in [0, 0.1) is 0 Å². The lowest BCUT2D eigenvalue weighted by Crippen LogP contribution is -2.42. The normalized spacial score (nSPS) is 19.6. The minimum Gasteiger partial charge on any atom is -0.479 e. The van der Waals surface area contributed by atoms with Gasteiger partial charge in [0.05, 0.1) is 0 Å². The SMILES string of the molecule is CC(O)(C=CBr)C(O)C(=O)O. The van der Waals surface area contributed by atoms with E-state index in [-0.39, 0.29) is 0 Å². The molecule has 64 valence electrons. The van der Waals surface area contributed by atoms with Crippen LogP contribution in [0.4, 0.5) is 0 Å². The first-order valence-corrected chi connectivity index (χ1v) is 3.74. The van der Waals surface area contributed by atoms with Crippen molar-refractivity contribution in [1.29, 1.82) is 0 Å². The quantitative estimate of drug-likeness (QED) is 0.636. The highest BCUT2D eigenvalue weighted by Gasteiger charge is 2.33. The number of rotatable bonds is 3. The second kappa shape index (κ2) is 3.85. The molecule has 0 aliphatic rings. The average Bonchev–Trinajstić information content (AvgIpc) is 1.86. The Morgan fingerprint density at radius 3 is 2.45 bits per heavy atom. The van der Waals surface area contributed by atoms with Gasteiger partial charge in [-0.15, -0.1) is 0 Å². The van der Waals surface area contributed by atoms with E-state index < -0.39 is 17.7 Å². The van der Waals surface area contributed by atoms with Crippen LogP contribution in [0.25, 0.3) is 0 Å². The van der Waals surface area contributed by atoms with Gasteiger partial charge in [-0.1, -0.05) is 15.9 Å². The predicted octanol–water partition coefficient (Wildman–Crippen LogP) is 0.0915. The van der Waals surface area contributed by atoms with E-state index in [4.69, 9.17) is 10.2 Å². The molecule has 11 heavy (non-hydrogen) atoms. The van der Waals surface area contributed by atoms with E-state index in [1.807, 2.05) is 0 Å². The molecular formula is C6H9BrO4. The number of halogens is 1. The number of carbonyl (C=O) groups is 1. The van der Waals surface area contributed by atoms with E-state index in [2.05, 4.69) is 15.9 Å². The van der Waals surface area contributed by atoms with Gasteiger partial charge in [-0.2, -0.15) is 0 Å². The molecule has 0 aliphatic heterocycles. The van der Waals surface area contributed by atoms with E-state index in [0.29, 0.717) is 0 Å². The van der Waals surface area contributed by atoms with Crippen molar-refractivity contribution in [2.45, 2.75) is 18.6 Å². The molecule has 0 bridgehead atoms. The van der Waals surface area contributed by atoms with Crippen LogP contribution in [-0.2, 0) is 4.79 Å². The zero-order valence-electron chi connectivity index (χ0n) is 5.86. The summed E-state index contributed by atoms with van der Waals surface area (Å²) in [4.78, 5) is 11.5. The topological polar surface area (TPSA) is 77.8 Å². The van der Waals surface area contributed by atoms with Gasteiger partial charge in [-0.3, -0.25) is 0 Å². The fraction of sp³-hybridized carbons (Fsp3) is 0.500. The Hall–Kier alpha value is -0.390. The Morgan fingerprint density at radius 1 is 1.73 bits per heavy atom. The van der Waals surface area contributed by atoms with Crippen molar-refractivity contribution in [1.82, 2.24) is 0 Å². The van der Waals surface area contributed by atoms with Gasteiger partial charge >= 0.3 is 5.97 Å². The van der Waals surface area contributed by atoms with Gasteiger partial charge in [0, 0.05) is 0 Å². The Labute approximate surface area is 72.3 Å². The zero-order chi connectivity index (χ0) is 9.07. The van der Waals surface area contributed by atoms with Crippen LogP contribution in [-0.4, -0.2) is 33.0 Å². The summed E-state index contributed by atoms with van der Waals surface area (Å²) in [6.07, 6.45) is -0.664. The molecule has 0 saturated heterocycles. The summed E-state index contributed by atoms with van der Waals surface area (Å²) < 4.78 is 0. The molecule has 0 rings (SSSR count). The lowest BCUT2D eigenvalue weighted by molar-refractivity contribution is -0.156. The van der Waals surface area contributed by atoms with Gasteiger partial charge in [0.1, 0.15) is 5.60 Å². The molecule has 0 heterocycles. The van der Waals surface area contributed by atoms with E-state index in [0.717, 1.165) is 6.08 Å². The lowest BCUT2D eigenvalue weighted by atomic mass is 10.00. The molecular weight excluding hydrogens is 216 g/mol. The van der Waals surface area contributed by atoms with Crippen molar-refractivity contribution in [3.05, 3.63) is 11.1 Å². The predicted molar refractivity (Wildman–Crippen MR) is 42.3 cm³/mol. The summed E-state index contributed by atoms with van der Waals surface area (Å²) in [7, 11) is 0. The van der Waals surface area contributed by atoms with Crippen LogP contribution < -0.4 is 0 Å². The average molecular weight is 225 g/mol. The number of carboxylic acid groups (broad SMARTS) is 1. The molecule has 3 N–H and O–H groups in total. The summed E-state index contributed by atoms with van der Waals surface area (Å²) >= 11 is 2.86. The third-order valence-electron chi connectivity index (χ3n) is 1.19. The maximum Gasteiger partial charge on any atom is 0.335 e. The van der Waals surface area contributed by atoms with Crippen molar-refractivity contribution in [3.8, 4) is 0 Å². The highest BCUT2D eigenvalue weighted by atomic mass is 79.9. The summed E-state index contributed by atoms with van der Waals surface area (Å²) in [5.74, 6) is -1.46. The first kappa shape index (κ1) is 10.6. The van der Waals surface area contributed by atoms with Crippen LogP contribution in [0.5, 0.6) is 0 Å². The van der Waals surface area contributed by atoms with Crippen molar-refractivity contribution in [2.24, 2.45) is 0 Å². The highest BCUT2D eigenvalue weighted by molar-refractivity contribution is 9.11. The second-order valence-corrected chi connectivity index (χ2v) is 2.79. The highest BCUT2D eigenvalue weighted by Crippen LogP contribution is 2.12. The smallest absolute Gasteiger partial charge is 0.335 e. The van der Waals surface area contributed by atoms with Crippen LogP contribution in [0.2, 0.25) is 0 Å². The number of carboxylic acids is 1. The van der Waals surface area contributed by atoms with E-state index in [1.54, 1.807) is 0 Å². The van der Waals surface area contributed by atoms with Crippen molar-refractivity contribution >= 4 is 21.9 Å². The van der Waals surface area contributed by atoms with Gasteiger partial charge in [0.2, 0.25) is 0 Å². The first-order valence-electron chi connectivity index (χ1n) is 2.83. The van der Waals surface area contributed by atoms with Gasteiger partial charge in [-0.25, -0.2) is 4.79 Å². The van der Waals surface area contributed by atoms with Crippen LogP contribution in [0.3, 0.4) is 0 Å². The fourth-order valence-corrected chi connectivity index (χ4v) is 1.00. The summed E-state index contributed by atoms with van der Waals surface area (Å²) in [6, 6.07) is 0. The standard InChI is InChI=1S/C6H9BrO4/c1-6(11,2-3-7)4(8)5(9)10/h2-4,8,11H,1H3,(H,9,10). The maximum absolute atomic E-state index is 10.2. The molecule has 2 atom stereocenters. The number of aliphatic hydroxyl groups is 2. The van der Waals surface area contributed by atoms with Crippen molar-refractivity contribution < 1.29 is 20.1 Å². The number of hydrogen-bond acceptors (Lipinski definition) is 3. The lowest BCUT2D eigenvalue weighted by Gasteiger charge is -2.21. The molecule has 4 nitrogen and oxygen atoms in total. The number of aliphatic hydroxyl groups excluding tert-OH is 1. The Kier molecular flexibility index (Phi) is 3.71. The van der Waals surface area contributed by atoms with Gasteiger partial charge in [0.25, 0.3) is 0 Å². The summed E-state index contributed by atoms with van der Waals surface area (Å²) in [5, 5.41) is 26.4. The van der Waals surface area contributed by atoms with E-state index in [1.165, 1.54) is 11.9 Å². The molecule has 2 unspecified atom stereocenters. The summed E-state index contributed by atoms with van der Waals surface area (Å²) in [5.41, 5.74) is -1.74.